The number of hydrogen-bond acceptors (Lipinski definition) is 4. The summed E-state index contributed by atoms with van der Waals surface area (Å²) in [4.78, 5) is 15.0. The number of aromatic nitrogens is 4. The molecule has 0 unspecified atom stereocenters. The minimum Gasteiger partial charge on any atom is -0.310 e. The van der Waals surface area contributed by atoms with Crippen LogP contribution in [0.1, 0.15) is 36.3 Å². The lowest BCUT2D eigenvalue weighted by Gasteiger charge is -2.13. The fraction of sp³-hybridized carbons (Fsp3) is 0.0816. The maximum atomic E-state index is 5.06. The average molecular weight is 711 g/mol. The molecule has 0 spiro atoms. The van der Waals surface area contributed by atoms with E-state index >= 15 is 0 Å². The molecule has 3 aromatic heterocycles. The molecule has 0 N–H and O–H groups in total. The van der Waals surface area contributed by atoms with E-state index in [1.54, 1.807) is 0 Å². The summed E-state index contributed by atoms with van der Waals surface area (Å²) in [6.07, 6.45) is 15.1. The number of thiophene rings is 1. The van der Waals surface area contributed by atoms with Gasteiger partial charge in [-0.15, -0.1) is 11.3 Å². The third kappa shape index (κ3) is 5.07. The molecular weight excluding hydrogens is 677 g/mol. The van der Waals surface area contributed by atoms with Gasteiger partial charge in [0.15, 0.2) is 17.5 Å². The predicted octanol–water partition coefficient (Wildman–Crippen LogP) is 13.0. The molecule has 256 valence electrons. The van der Waals surface area contributed by atoms with E-state index in [1.165, 1.54) is 69.9 Å². The van der Waals surface area contributed by atoms with Crippen molar-refractivity contribution in [1.29, 1.82) is 0 Å². The highest BCUT2D eigenvalue weighted by atomic mass is 32.1. The second-order valence-electron chi connectivity index (χ2n) is 14.2. The molecule has 0 bridgehead atoms. The Balaban J connectivity index is 1.08. The Morgan fingerprint density at radius 2 is 1.28 bits per heavy atom. The van der Waals surface area contributed by atoms with Gasteiger partial charge in [0.1, 0.15) is 0 Å². The quantitative estimate of drug-likeness (QED) is 0.179. The van der Waals surface area contributed by atoms with Crippen LogP contribution in [-0.4, -0.2) is 19.5 Å². The number of hydrogen-bond donors (Lipinski definition) is 0. The van der Waals surface area contributed by atoms with Crippen molar-refractivity contribution in [1.82, 2.24) is 19.5 Å². The van der Waals surface area contributed by atoms with Gasteiger partial charge in [0.05, 0.1) is 5.52 Å². The van der Waals surface area contributed by atoms with E-state index < -0.39 is 0 Å². The monoisotopic (exact) mass is 710 g/mol. The predicted molar refractivity (Wildman–Crippen MR) is 227 cm³/mol. The molecule has 9 aromatic rings. The van der Waals surface area contributed by atoms with Gasteiger partial charge >= 0.3 is 0 Å². The van der Waals surface area contributed by atoms with Gasteiger partial charge in [-0.3, -0.25) is 0 Å². The Bertz CT molecular complexity index is 3040. The van der Waals surface area contributed by atoms with Crippen LogP contribution in [0.15, 0.2) is 152 Å². The van der Waals surface area contributed by atoms with Crippen molar-refractivity contribution in [2.45, 2.75) is 25.7 Å². The normalized spacial score (nSPS) is 14.0. The van der Waals surface area contributed by atoms with E-state index in [2.05, 4.69) is 144 Å². The van der Waals surface area contributed by atoms with Crippen LogP contribution >= 0.6 is 11.3 Å². The molecule has 6 aromatic carbocycles. The van der Waals surface area contributed by atoms with Gasteiger partial charge in [0, 0.05) is 48.1 Å². The Morgan fingerprint density at radius 1 is 0.537 bits per heavy atom. The number of benzene rings is 6. The molecule has 2 aliphatic rings. The van der Waals surface area contributed by atoms with Gasteiger partial charge in [0.25, 0.3) is 0 Å². The van der Waals surface area contributed by atoms with Crippen LogP contribution in [0.3, 0.4) is 0 Å². The molecule has 4 nitrogen and oxygen atoms in total. The van der Waals surface area contributed by atoms with Crippen LogP contribution in [0.4, 0.5) is 0 Å². The van der Waals surface area contributed by atoms with E-state index in [0.717, 1.165) is 48.2 Å². The van der Waals surface area contributed by atoms with Crippen LogP contribution in [0.2, 0.25) is 0 Å². The Morgan fingerprint density at radius 3 is 2.09 bits per heavy atom. The first-order valence-corrected chi connectivity index (χ1v) is 19.5. The number of nitrogens with zero attached hydrogens (tertiary/aromatic N) is 4. The van der Waals surface area contributed by atoms with E-state index in [9.17, 15) is 0 Å². The third-order valence-corrected chi connectivity index (χ3v) is 12.1. The zero-order valence-electron chi connectivity index (χ0n) is 29.5. The fourth-order valence-corrected chi connectivity index (χ4v) is 9.55. The van der Waals surface area contributed by atoms with E-state index in [-0.39, 0.29) is 0 Å². The highest BCUT2D eigenvalue weighted by Crippen LogP contribution is 2.44. The molecular formula is C49H34N4S. The number of fused-ring (bicyclic) bond motifs is 8. The van der Waals surface area contributed by atoms with Gasteiger partial charge in [-0.25, -0.2) is 15.0 Å². The van der Waals surface area contributed by atoms with Gasteiger partial charge in [-0.05, 0) is 101 Å². The SMILES string of the molecule is C1=CCCC(c2nc(-c3ccccc3)nc(-c3ccc4sc5cc(-n6c7c(c8c9ccccc9c(-c9ccccc9)cc86)CCC=C7)ccc5c4c3)n2)=C1. The van der Waals surface area contributed by atoms with Crippen LogP contribution in [-0.2, 0) is 6.42 Å². The van der Waals surface area contributed by atoms with Crippen molar-refractivity contribution in [2.24, 2.45) is 0 Å². The maximum absolute atomic E-state index is 5.06. The summed E-state index contributed by atoms with van der Waals surface area (Å²) in [5, 5.41) is 6.46. The minimum absolute atomic E-state index is 0.700. The molecule has 2 aliphatic carbocycles. The van der Waals surface area contributed by atoms with Crippen molar-refractivity contribution >= 4 is 64.8 Å². The van der Waals surface area contributed by atoms with Crippen molar-refractivity contribution in [2.75, 3.05) is 0 Å². The number of allylic oxidation sites excluding steroid dienone is 5. The van der Waals surface area contributed by atoms with Gasteiger partial charge < -0.3 is 4.57 Å². The Hall–Kier alpha value is -6.43. The highest BCUT2D eigenvalue weighted by Gasteiger charge is 2.23. The van der Waals surface area contributed by atoms with Crippen molar-refractivity contribution in [3.8, 4) is 39.6 Å². The molecule has 0 fully saturated rings. The smallest absolute Gasteiger partial charge is 0.164 e. The Kier molecular flexibility index (Phi) is 7.27. The highest BCUT2D eigenvalue weighted by molar-refractivity contribution is 7.25. The third-order valence-electron chi connectivity index (χ3n) is 11.0. The van der Waals surface area contributed by atoms with Crippen LogP contribution < -0.4 is 0 Å². The Labute approximate surface area is 317 Å². The standard InChI is InChI=1S/C49H34N4S/c1-4-14-31(15-5-1)40-30-43-46(38-21-11-10-20-36(38)40)39-22-12-13-23-42(39)53(43)35-25-26-37-41-28-34(24-27-44(41)54-45(37)29-35)49-51-47(32-16-6-2-7-17-32)50-48(52-49)33-18-8-3-9-19-33/h1-8,10-11,13-18,20-21,23-30H,9,12,19,22H2. The number of aryl methyl sites for hydroxylation is 1. The van der Waals surface area contributed by atoms with E-state index in [1.807, 2.05) is 29.5 Å². The molecule has 0 saturated carbocycles. The molecule has 0 amide bonds. The lowest BCUT2D eigenvalue weighted by Crippen LogP contribution is -2.03. The molecule has 0 radical (unpaired) electrons. The summed E-state index contributed by atoms with van der Waals surface area (Å²) in [7, 11) is 0. The molecule has 0 atom stereocenters. The summed E-state index contributed by atoms with van der Waals surface area (Å²) in [5.41, 5.74) is 10.8. The minimum atomic E-state index is 0.700. The zero-order chi connectivity index (χ0) is 35.6. The topological polar surface area (TPSA) is 43.6 Å². The maximum Gasteiger partial charge on any atom is 0.164 e. The van der Waals surface area contributed by atoms with E-state index in [4.69, 9.17) is 15.0 Å². The van der Waals surface area contributed by atoms with Crippen molar-refractivity contribution in [3.63, 3.8) is 0 Å². The number of rotatable bonds is 5. The molecule has 11 rings (SSSR count). The van der Waals surface area contributed by atoms with Crippen LogP contribution in [0, 0.1) is 0 Å². The van der Waals surface area contributed by atoms with Gasteiger partial charge in [-0.2, -0.15) is 0 Å². The van der Waals surface area contributed by atoms with Gasteiger partial charge in [0.2, 0.25) is 0 Å². The van der Waals surface area contributed by atoms with E-state index in [0.29, 0.717) is 11.6 Å². The lowest BCUT2D eigenvalue weighted by atomic mass is 9.92. The fourth-order valence-electron chi connectivity index (χ4n) is 8.43. The molecule has 3 heterocycles. The van der Waals surface area contributed by atoms with Crippen molar-refractivity contribution < 1.29 is 0 Å². The first-order chi connectivity index (χ1) is 26.8. The van der Waals surface area contributed by atoms with Crippen LogP contribution in [0.5, 0.6) is 0 Å². The molecule has 5 heteroatoms. The van der Waals surface area contributed by atoms with Crippen LogP contribution in [0.25, 0.3) is 93.1 Å². The first kappa shape index (κ1) is 31.1. The summed E-state index contributed by atoms with van der Waals surface area (Å²) in [6.45, 7) is 0. The largest absolute Gasteiger partial charge is 0.310 e. The second kappa shape index (κ2) is 12.6. The second-order valence-corrected chi connectivity index (χ2v) is 15.3. The average Bonchev–Trinajstić information content (AvgIpc) is 3.79. The zero-order valence-corrected chi connectivity index (χ0v) is 30.4. The van der Waals surface area contributed by atoms with Gasteiger partial charge in [-0.1, -0.05) is 115 Å². The van der Waals surface area contributed by atoms with Crippen molar-refractivity contribution in [3.05, 3.63) is 169 Å². The first-order valence-electron chi connectivity index (χ1n) is 18.7. The summed E-state index contributed by atoms with van der Waals surface area (Å²) in [5.74, 6) is 2.15. The molecule has 54 heavy (non-hydrogen) atoms. The summed E-state index contributed by atoms with van der Waals surface area (Å²) >= 11 is 1.85. The summed E-state index contributed by atoms with van der Waals surface area (Å²) in [6, 6.07) is 46.1. The summed E-state index contributed by atoms with van der Waals surface area (Å²) < 4.78 is 5.01. The molecule has 0 saturated heterocycles. The lowest BCUT2D eigenvalue weighted by molar-refractivity contribution is 0.968. The molecule has 0 aliphatic heterocycles.